The second-order valence-electron chi connectivity index (χ2n) is 5.65. The van der Waals surface area contributed by atoms with E-state index in [-0.39, 0.29) is 18.3 Å². The lowest BCUT2D eigenvalue weighted by molar-refractivity contribution is 0.0953. The highest BCUT2D eigenvalue weighted by molar-refractivity contribution is 5.97. The van der Waals surface area contributed by atoms with Gasteiger partial charge in [0.25, 0.3) is 5.91 Å². The van der Waals surface area contributed by atoms with Crippen molar-refractivity contribution in [2.45, 2.75) is 19.3 Å². The lowest BCUT2D eigenvalue weighted by atomic mass is 9.97. The van der Waals surface area contributed by atoms with E-state index in [1.54, 1.807) is 0 Å². The van der Waals surface area contributed by atoms with E-state index < -0.39 is 11.6 Å². The number of benzene rings is 2. The molecule has 1 heterocycles. The van der Waals surface area contributed by atoms with E-state index in [0.29, 0.717) is 24.1 Å². The summed E-state index contributed by atoms with van der Waals surface area (Å²) in [6.45, 7) is 1.25. The summed E-state index contributed by atoms with van der Waals surface area (Å²) in [5.74, 6) is -1.36. The van der Waals surface area contributed by atoms with Gasteiger partial charge < -0.3 is 10.6 Å². The molecule has 0 unspecified atom stereocenters. The minimum Gasteiger partial charge on any atom is -0.385 e. The van der Waals surface area contributed by atoms with Crippen molar-refractivity contribution < 1.29 is 13.6 Å². The molecule has 1 amide bonds. The van der Waals surface area contributed by atoms with Crippen molar-refractivity contribution in [3.05, 3.63) is 64.7 Å². The lowest BCUT2D eigenvalue weighted by Gasteiger charge is -2.20. The predicted octanol–water partition coefficient (Wildman–Crippen LogP) is 3.72. The zero-order chi connectivity index (χ0) is 16.2. The van der Waals surface area contributed by atoms with Crippen LogP contribution < -0.4 is 10.6 Å². The van der Waals surface area contributed by atoms with Gasteiger partial charge in [-0.25, -0.2) is 8.78 Å². The van der Waals surface area contributed by atoms with Crippen LogP contribution in [0.5, 0.6) is 0 Å². The standard InChI is InChI=1S/C18H18F2N2O.ClH/c19-13-9-12(10-14(20)11-13)6-8-22-18(23)16-3-1-5-17-15(16)4-2-7-21-17;/h1,3,5,9-11,21H,2,4,6-8H2,(H,22,23);1H. The minimum absolute atomic E-state index is 0. The summed E-state index contributed by atoms with van der Waals surface area (Å²) in [6, 6.07) is 9.04. The van der Waals surface area contributed by atoms with Crippen molar-refractivity contribution in [3.63, 3.8) is 0 Å². The molecule has 2 N–H and O–H groups in total. The number of hydrogen-bond donors (Lipinski definition) is 2. The van der Waals surface area contributed by atoms with Crippen LogP contribution in [-0.2, 0) is 12.8 Å². The first-order valence-electron chi connectivity index (χ1n) is 7.72. The highest BCUT2D eigenvalue weighted by Crippen LogP contribution is 2.25. The molecule has 1 aliphatic heterocycles. The molecule has 0 radical (unpaired) electrons. The predicted molar refractivity (Wildman–Crippen MR) is 92.9 cm³/mol. The molecule has 0 bridgehead atoms. The van der Waals surface area contributed by atoms with Crippen LogP contribution in [-0.4, -0.2) is 19.0 Å². The number of amides is 1. The maximum atomic E-state index is 13.1. The third kappa shape index (κ3) is 4.23. The first-order valence-corrected chi connectivity index (χ1v) is 7.72. The van der Waals surface area contributed by atoms with Crippen molar-refractivity contribution in [2.75, 3.05) is 18.4 Å². The molecule has 24 heavy (non-hydrogen) atoms. The van der Waals surface area contributed by atoms with Crippen LogP contribution in [0, 0.1) is 11.6 Å². The maximum absolute atomic E-state index is 13.1. The Hall–Kier alpha value is -2.14. The van der Waals surface area contributed by atoms with Gasteiger partial charge in [-0.05, 0) is 54.7 Å². The Kier molecular flexibility index (Phi) is 6.15. The van der Waals surface area contributed by atoms with E-state index in [4.69, 9.17) is 0 Å². The Labute approximate surface area is 145 Å². The molecule has 0 fully saturated rings. The van der Waals surface area contributed by atoms with E-state index in [0.717, 1.165) is 36.7 Å². The number of hydrogen-bond acceptors (Lipinski definition) is 2. The molecular weight excluding hydrogens is 334 g/mol. The van der Waals surface area contributed by atoms with Crippen molar-refractivity contribution in [3.8, 4) is 0 Å². The summed E-state index contributed by atoms with van der Waals surface area (Å²) in [6.07, 6.45) is 2.26. The molecule has 1 aliphatic rings. The van der Waals surface area contributed by atoms with Gasteiger partial charge in [0, 0.05) is 30.4 Å². The van der Waals surface area contributed by atoms with E-state index >= 15 is 0 Å². The Morgan fingerprint density at radius 3 is 2.67 bits per heavy atom. The fraction of sp³-hybridized carbons (Fsp3) is 0.278. The zero-order valence-electron chi connectivity index (χ0n) is 13.1. The summed E-state index contributed by atoms with van der Waals surface area (Å²) in [5.41, 5.74) is 3.24. The van der Waals surface area contributed by atoms with Gasteiger partial charge in [-0.3, -0.25) is 4.79 Å². The average molecular weight is 353 g/mol. The third-order valence-electron chi connectivity index (χ3n) is 3.96. The molecule has 128 valence electrons. The number of halogens is 3. The zero-order valence-corrected chi connectivity index (χ0v) is 13.9. The fourth-order valence-electron chi connectivity index (χ4n) is 2.89. The van der Waals surface area contributed by atoms with Crippen LogP contribution in [0.3, 0.4) is 0 Å². The first kappa shape index (κ1) is 18.2. The normalized spacial score (nSPS) is 12.6. The van der Waals surface area contributed by atoms with E-state index in [1.807, 2.05) is 18.2 Å². The first-order chi connectivity index (χ1) is 11.1. The van der Waals surface area contributed by atoms with E-state index in [2.05, 4.69) is 10.6 Å². The van der Waals surface area contributed by atoms with Gasteiger partial charge >= 0.3 is 0 Å². The average Bonchev–Trinajstić information content (AvgIpc) is 2.53. The minimum atomic E-state index is -0.602. The largest absolute Gasteiger partial charge is 0.385 e. The van der Waals surface area contributed by atoms with Crippen LogP contribution in [0.15, 0.2) is 36.4 Å². The van der Waals surface area contributed by atoms with Crippen LogP contribution in [0.4, 0.5) is 14.5 Å². The van der Waals surface area contributed by atoms with Gasteiger partial charge in [0.1, 0.15) is 11.6 Å². The molecular formula is C18H19ClF2N2O. The Bertz CT molecular complexity index is 717. The molecule has 0 saturated heterocycles. The van der Waals surface area contributed by atoms with Gasteiger partial charge in [-0.15, -0.1) is 12.4 Å². The summed E-state index contributed by atoms with van der Waals surface area (Å²) < 4.78 is 26.3. The van der Waals surface area contributed by atoms with Crippen molar-refractivity contribution in [1.82, 2.24) is 5.32 Å². The number of fused-ring (bicyclic) bond motifs is 1. The fourth-order valence-corrected chi connectivity index (χ4v) is 2.89. The molecule has 2 aromatic rings. The molecule has 2 aromatic carbocycles. The number of rotatable bonds is 4. The molecule has 3 nitrogen and oxygen atoms in total. The third-order valence-corrected chi connectivity index (χ3v) is 3.96. The number of carbonyl (C=O) groups is 1. The number of anilines is 1. The highest BCUT2D eigenvalue weighted by atomic mass is 35.5. The van der Waals surface area contributed by atoms with E-state index in [9.17, 15) is 13.6 Å². The molecule has 6 heteroatoms. The van der Waals surface area contributed by atoms with E-state index in [1.165, 1.54) is 12.1 Å². The molecule has 0 atom stereocenters. The molecule has 0 aliphatic carbocycles. The highest BCUT2D eigenvalue weighted by Gasteiger charge is 2.16. The topological polar surface area (TPSA) is 41.1 Å². The van der Waals surface area contributed by atoms with Gasteiger partial charge in [0.2, 0.25) is 0 Å². The van der Waals surface area contributed by atoms with Crippen LogP contribution >= 0.6 is 12.4 Å². The van der Waals surface area contributed by atoms with Gasteiger partial charge in [-0.1, -0.05) is 6.07 Å². The monoisotopic (exact) mass is 352 g/mol. The van der Waals surface area contributed by atoms with Gasteiger partial charge in [0.05, 0.1) is 0 Å². The Morgan fingerprint density at radius 2 is 1.92 bits per heavy atom. The lowest BCUT2D eigenvalue weighted by Crippen LogP contribution is -2.28. The molecule has 0 saturated carbocycles. The summed E-state index contributed by atoms with van der Waals surface area (Å²) in [7, 11) is 0. The SMILES string of the molecule is Cl.O=C(NCCc1cc(F)cc(F)c1)c1cccc2c1CCCN2. The second kappa shape index (κ2) is 8.11. The summed E-state index contributed by atoms with van der Waals surface area (Å²) >= 11 is 0. The molecule has 0 spiro atoms. The van der Waals surface area contributed by atoms with Gasteiger partial charge in [0.15, 0.2) is 0 Å². The van der Waals surface area contributed by atoms with Crippen molar-refractivity contribution in [1.29, 1.82) is 0 Å². The molecule has 0 aromatic heterocycles. The number of nitrogens with one attached hydrogen (secondary N) is 2. The quantitative estimate of drug-likeness (QED) is 0.880. The smallest absolute Gasteiger partial charge is 0.251 e. The Morgan fingerprint density at radius 1 is 1.17 bits per heavy atom. The summed E-state index contributed by atoms with van der Waals surface area (Å²) in [4.78, 5) is 12.4. The number of carbonyl (C=O) groups excluding carboxylic acids is 1. The second-order valence-corrected chi connectivity index (χ2v) is 5.65. The maximum Gasteiger partial charge on any atom is 0.251 e. The van der Waals surface area contributed by atoms with Gasteiger partial charge in [-0.2, -0.15) is 0 Å². The van der Waals surface area contributed by atoms with Crippen LogP contribution in [0.2, 0.25) is 0 Å². The van der Waals surface area contributed by atoms with Crippen LogP contribution in [0.25, 0.3) is 0 Å². The summed E-state index contributed by atoms with van der Waals surface area (Å²) in [5, 5.41) is 6.11. The van der Waals surface area contributed by atoms with Crippen LogP contribution in [0.1, 0.15) is 27.9 Å². The van der Waals surface area contributed by atoms with Crippen molar-refractivity contribution >= 4 is 24.0 Å². The molecule has 3 rings (SSSR count). The Balaban J connectivity index is 0.00000208. The van der Waals surface area contributed by atoms with Crippen molar-refractivity contribution in [2.24, 2.45) is 0 Å².